The molecule has 1 aliphatic rings. The first-order valence-electron chi connectivity index (χ1n) is 8.87. The summed E-state index contributed by atoms with van der Waals surface area (Å²) in [6.45, 7) is 3.17. The SMILES string of the molecule is CN(C)c1nccnc1[C@H]1CN(Cc2ccc3ccccc3n2)CCO1. The smallest absolute Gasteiger partial charge is 0.152 e. The van der Waals surface area contributed by atoms with E-state index >= 15 is 0 Å². The number of nitrogens with zero attached hydrogens (tertiary/aromatic N) is 5. The van der Waals surface area contributed by atoms with Gasteiger partial charge >= 0.3 is 0 Å². The molecular weight excluding hydrogens is 326 g/mol. The molecule has 1 aliphatic heterocycles. The van der Waals surface area contributed by atoms with Crippen molar-refractivity contribution in [3.63, 3.8) is 0 Å². The molecule has 1 saturated heterocycles. The van der Waals surface area contributed by atoms with E-state index in [2.05, 4.69) is 39.1 Å². The van der Waals surface area contributed by atoms with Crippen molar-refractivity contribution in [3.05, 3.63) is 60.2 Å². The van der Waals surface area contributed by atoms with Crippen molar-refractivity contribution < 1.29 is 4.74 Å². The van der Waals surface area contributed by atoms with Gasteiger partial charge in [-0.3, -0.25) is 14.9 Å². The van der Waals surface area contributed by atoms with Gasteiger partial charge in [0.1, 0.15) is 11.8 Å². The van der Waals surface area contributed by atoms with Crippen LogP contribution in [0, 0.1) is 0 Å². The summed E-state index contributed by atoms with van der Waals surface area (Å²) in [7, 11) is 3.96. The molecule has 0 saturated carbocycles. The maximum atomic E-state index is 6.00. The number of hydrogen-bond acceptors (Lipinski definition) is 6. The summed E-state index contributed by atoms with van der Waals surface area (Å²) in [5.41, 5.74) is 3.02. The Morgan fingerprint density at radius 3 is 2.85 bits per heavy atom. The van der Waals surface area contributed by atoms with Crippen molar-refractivity contribution >= 4 is 16.7 Å². The van der Waals surface area contributed by atoms with Gasteiger partial charge < -0.3 is 9.64 Å². The van der Waals surface area contributed by atoms with Crippen LogP contribution in [-0.2, 0) is 11.3 Å². The molecule has 1 fully saturated rings. The second kappa shape index (κ2) is 7.35. The summed E-state index contributed by atoms with van der Waals surface area (Å²) >= 11 is 0. The Morgan fingerprint density at radius 2 is 1.96 bits per heavy atom. The number of aromatic nitrogens is 3. The molecule has 1 atom stereocenters. The van der Waals surface area contributed by atoms with Gasteiger partial charge in [0.05, 0.1) is 17.8 Å². The van der Waals surface area contributed by atoms with Crippen molar-refractivity contribution in [2.24, 2.45) is 0 Å². The Kier molecular flexibility index (Phi) is 4.77. The summed E-state index contributed by atoms with van der Waals surface area (Å²) in [6, 6.07) is 12.5. The zero-order valence-corrected chi connectivity index (χ0v) is 15.2. The van der Waals surface area contributed by atoms with Gasteiger partial charge in [0.25, 0.3) is 0 Å². The fourth-order valence-electron chi connectivity index (χ4n) is 3.35. The number of pyridine rings is 1. The van der Waals surface area contributed by atoms with Crippen LogP contribution in [0.2, 0.25) is 0 Å². The molecule has 0 radical (unpaired) electrons. The van der Waals surface area contributed by atoms with E-state index in [9.17, 15) is 0 Å². The van der Waals surface area contributed by atoms with E-state index in [0.717, 1.165) is 42.4 Å². The van der Waals surface area contributed by atoms with Crippen LogP contribution in [0.5, 0.6) is 0 Å². The lowest BCUT2D eigenvalue weighted by Gasteiger charge is -2.33. The maximum Gasteiger partial charge on any atom is 0.152 e. The fourth-order valence-corrected chi connectivity index (χ4v) is 3.35. The van der Waals surface area contributed by atoms with Crippen LogP contribution >= 0.6 is 0 Å². The number of para-hydroxylation sites is 1. The molecule has 3 aromatic rings. The molecule has 0 spiro atoms. The lowest BCUT2D eigenvalue weighted by atomic mass is 10.1. The van der Waals surface area contributed by atoms with Gasteiger partial charge in [0.15, 0.2) is 5.82 Å². The van der Waals surface area contributed by atoms with E-state index in [-0.39, 0.29) is 6.10 Å². The largest absolute Gasteiger partial charge is 0.369 e. The van der Waals surface area contributed by atoms with Crippen LogP contribution in [0.4, 0.5) is 5.82 Å². The van der Waals surface area contributed by atoms with Crippen LogP contribution in [0.3, 0.4) is 0 Å². The molecule has 6 nitrogen and oxygen atoms in total. The summed E-state index contributed by atoms with van der Waals surface area (Å²) in [4.78, 5) is 18.1. The Labute approximate surface area is 153 Å². The Morgan fingerprint density at radius 1 is 1.12 bits per heavy atom. The second-order valence-electron chi connectivity index (χ2n) is 6.75. The molecular formula is C20H23N5O. The van der Waals surface area contributed by atoms with Gasteiger partial charge in [-0.25, -0.2) is 4.98 Å². The molecule has 4 rings (SSSR count). The van der Waals surface area contributed by atoms with Crippen LogP contribution in [0.1, 0.15) is 17.5 Å². The van der Waals surface area contributed by atoms with Crippen molar-refractivity contribution in [1.29, 1.82) is 0 Å². The number of ether oxygens (including phenoxy) is 1. The lowest BCUT2D eigenvalue weighted by Crippen LogP contribution is -2.38. The normalized spacial score (nSPS) is 18.2. The molecule has 0 amide bonds. The quantitative estimate of drug-likeness (QED) is 0.722. The highest BCUT2D eigenvalue weighted by atomic mass is 16.5. The van der Waals surface area contributed by atoms with Gasteiger partial charge in [0, 0.05) is 51.5 Å². The average Bonchev–Trinajstić information content (AvgIpc) is 2.68. The monoisotopic (exact) mass is 349 g/mol. The first-order chi connectivity index (χ1) is 12.7. The standard InChI is InChI=1S/C20H23N5O/c1-24(2)20-19(21-9-10-22-20)18-14-25(11-12-26-18)13-16-8-7-15-5-3-4-6-17(15)23-16/h3-10,18H,11-14H2,1-2H3/t18-/m1/s1. The van der Waals surface area contributed by atoms with Crippen molar-refractivity contribution in [3.8, 4) is 0 Å². The molecule has 3 heterocycles. The van der Waals surface area contributed by atoms with Gasteiger partial charge in [-0.05, 0) is 12.1 Å². The molecule has 0 unspecified atom stereocenters. The van der Waals surface area contributed by atoms with Crippen LogP contribution < -0.4 is 4.90 Å². The number of benzene rings is 1. The minimum Gasteiger partial charge on any atom is -0.369 e. The minimum atomic E-state index is -0.0738. The summed E-state index contributed by atoms with van der Waals surface area (Å²) in [5, 5.41) is 1.17. The molecule has 0 N–H and O–H groups in total. The minimum absolute atomic E-state index is 0.0738. The van der Waals surface area contributed by atoms with Gasteiger partial charge in [-0.2, -0.15) is 0 Å². The van der Waals surface area contributed by atoms with Gasteiger partial charge in [-0.1, -0.05) is 24.3 Å². The molecule has 1 aromatic carbocycles. The summed E-state index contributed by atoms with van der Waals surface area (Å²) < 4.78 is 6.00. The van der Waals surface area contributed by atoms with E-state index in [4.69, 9.17) is 9.72 Å². The van der Waals surface area contributed by atoms with E-state index in [1.54, 1.807) is 12.4 Å². The van der Waals surface area contributed by atoms with Crippen molar-refractivity contribution in [1.82, 2.24) is 19.9 Å². The first kappa shape index (κ1) is 16.9. The summed E-state index contributed by atoms with van der Waals surface area (Å²) in [5.74, 6) is 0.864. The number of rotatable bonds is 4. The molecule has 0 aliphatic carbocycles. The van der Waals surface area contributed by atoms with E-state index in [0.29, 0.717) is 6.61 Å². The predicted octanol–water partition coefficient (Wildman–Crippen LogP) is 2.66. The highest BCUT2D eigenvalue weighted by Crippen LogP contribution is 2.27. The van der Waals surface area contributed by atoms with Crippen molar-refractivity contribution in [2.75, 3.05) is 38.7 Å². The molecule has 134 valence electrons. The van der Waals surface area contributed by atoms with E-state index in [1.165, 1.54) is 5.39 Å². The summed E-state index contributed by atoms with van der Waals surface area (Å²) in [6.07, 6.45) is 3.38. The topological polar surface area (TPSA) is 54.4 Å². The van der Waals surface area contributed by atoms with E-state index in [1.807, 2.05) is 31.1 Å². The maximum absolute atomic E-state index is 6.00. The Balaban J connectivity index is 1.51. The second-order valence-corrected chi connectivity index (χ2v) is 6.75. The third kappa shape index (κ3) is 3.52. The van der Waals surface area contributed by atoms with Crippen molar-refractivity contribution in [2.45, 2.75) is 12.6 Å². The predicted molar refractivity (Wildman–Crippen MR) is 102 cm³/mol. The molecule has 26 heavy (non-hydrogen) atoms. The molecule has 0 bridgehead atoms. The van der Waals surface area contributed by atoms with Crippen LogP contribution in [0.25, 0.3) is 10.9 Å². The highest BCUT2D eigenvalue weighted by molar-refractivity contribution is 5.78. The van der Waals surface area contributed by atoms with E-state index < -0.39 is 0 Å². The first-order valence-corrected chi connectivity index (χ1v) is 8.87. The molecule has 6 heteroatoms. The third-order valence-electron chi connectivity index (χ3n) is 4.63. The number of anilines is 1. The van der Waals surface area contributed by atoms with Gasteiger partial charge in [-0.15, -0.1) is 0 Å². The third-order valence-corrected chi connectivity index (χ3v) is 4.63. The van der Waals surface area contributed by atoms with Crippen LogP contribution in [0.15, 0.2) is 48.8 Å². The van der Waals surface area contributed by atoms with Gasteiger partial charge in [0.2, 0.25) is 0 Å². The zero-order chi connectivity index (χ0) is 17.9. The zero-order valence-electron chi connectivity index (χ0n) is 15.2. The number of fused-ring (bicyclic) bond motifs is 1. The molecule has 2 aromatic heterocycles. The Bertz CT molecular complexity index is 898. The number of hydrogen-bond donors (Lipinski definition) is 0. The lowest BCUT2D eigenvalue weighted by molar-refractivity contribution is -0.0351. The fraction of sp³-hybridized carbons (Fsp3) is 0.350. The Hall–Kier alpha value is -2.57. The average molecular weight is 349 g/mol. The number of morpholine rings is 1. The highest BCUT2D eigenvalue weighted by Gasteiger charge is 2.26. The van der Waals surface area contributed by atoms with Crippen LogP contribution in [-0.4, -0.2) is 53.6 Å².